The summed E-state index contributed by atoms with van der Waals surface area (Å²) < 4.78 is 0. The molecule has 1 aliphatic heterocycles. The first-order chi connectivity index (χ1) is 10.8. The minimum atomic E-state index is 0.663. The van der Waals surface area contributed by atoms with Crippen molar-refractivity contribution in [1.29, 1.82) is 0 Å². The number of anilines is 3. The molecule has 0 aliphatic carbocycles. The molecule has 1 fully saturated rings. The first kappa shape index (κ1) is 14.8. The third-order valence-electron chi connectivity index (χ3n) is 3.60. The highest BCUT2D eigenvalue weighted by molar-refractivity contribution is 6.30. The summed E-state index contributed by atoms with van der Waals surface area (Å²) in [6.07, 6.45) is 3.49. The van der Waals surface area contributed by atoms with Crippen LogP contribution in [0.4, 0.5) is 17.6 Å². The van der Waals surface area contributed by atoms with Crippen LogP contribution in [0.15, 0.2) is 30.6 Å². The molecule has 22 heavy (non-hydrogen) atoms. The molecule has 0 radical (unpaired) electrons. The second kappa shape index (κ2) is 6.79. The lowest BCUT2D eigenvalue weighted by Crippen LogP contribution is -2.47. The van der Waals surface area contributed by atoms with Gasteiger partial charge < -0.3 is 15.1 Å². The monoisotopic (exact) mass is 318 g/mol. The molecular weight excluding hydrogens is 300 g/mol. The molecule has 7 heteroatoms. The summed E-state index contributed by atoms with van der Waals surface area (Å²) in [5.41, 5.74) is 0. The number of piperazine rings is 1. The Labute approximate surface area is 135 Å². The molecule has 0 aromatic carbocycles. The standard InChI is InChI=1S/C15H19ClN6/c1-2-17-13-5-6-18-15(20-13)22-9-7-21(8-10-22)14-4-3-12(16)11-19-14/h3-6,11H,2,7-10H2,1H3,(H,17,18,20). The number of aromatic nitrogens is 3. The van der Waals surface area contributed by atoms with E-state index in [1.165, 1.54) is 0 Å². The van der Waals surface area contributed by atoms with Gasteiger partial charge in [0.2, 0.25) is 5.95 Å². The van der Waals surface area contributed by atoms with Crippen LogP contribution in [0.2, 0.25) is 5.02 Å². The van der Waals surface area contributed by atoms with Crippen molar-refractivity contribution in [3.8, 4) is 0 Å². The maximum Gasteiger partial charge on any atom is 0.227 e. The van der Waals surface area contributed by atoms with Gasteiger partial charge in [0.25, 0.3) is 0 Å². The largest absolute Gasteiger partial charge is 0.370 e. The molecule has 0 unspecified atom stereocenters. The quantitative estimate of drug-likeness (QED) is 0.933. The second-order valence-electron chi connectivity index (χ2n) is 5.08. The van der Waals surface area contributed by atoms with Crippen molar-refractivity contribution < 1.29 is 0 Å². The van der Waals surface area contributed by atoms with E-state index in [1.54, 1.807) is 12.4 Å². The molecule has 0 spiro atoms. The Balaban J connectivity index is 1.64. The first-order valence-corrected chi connectivity index (χ1v) is 7.82. The Morgan fingerprint density at radius 3 is 2.55 bits per heavy atom. The molecule has 0 saturated carbocycles. The number of halogens is 1. The molecule has 2 aromatic rings. The number of pyridine rings is 1. The minimum Gasteiger partial charge on any atom is -0.370 e. The van der Waals surface area contributed by atoms with Crippen LogP contribution in [0, 0.1) is 0 Å². The van der Waals surface area contributed by atoms with Crippen molar-refractivity contribution in [3.05, 3.63) is 35.6 Å². The van der Waals surface area contributed by atoms with Crippen molar-refractivity contribution in [2.24, 2.45) is 0 Å². The third kappa shape index (κ3) is 3.39. The van der Waals surface area contributed by atoms with Crippen LogP contribution >= 0.6 is 11.6 Å². The summed E-state index contributed by atoms with van der Waals surface area (Å²) in [6.45, 7) is 6.44. The van der Waals surface area contributed by atoms with E-state index in [2.05, 4.69) is 37.0 Å². The molecule has 116 valence electrons. The number of hydrogen-bond acceptors (Lipinski definition) is 6. The first-order valence-electron chi connectivity index (χ1n) is 7.44. The topological polar surface area (TPSA) is 57.2 Å². The Morgan fingerprint density at radius 1 is 1.09 bits per heavy atom. The Bertz CT molecular complexity index is 610. The van der Waals surface area contributed by atoms with Gasteiger partial charge in [-0.25, -0.2) is 9.97 Å². The minimum absolute atomic E-state index is 0.663. The summed E-state index contributed by atoms with van der Waals surface area (Å²) in [7, 11) is 0. The van der Waals surface area contributed by atoms with Crippen molar-refractivity contribution in [1.82, 2.24) is 15.0 Å². The Kier molecular flexibility index (Phi) is 4.58. The average Bonchev–Trinajstić information content (AvgIpc) is 2.56. The molecule has 1 saturated heterocycles. The van der Waals surface area contributed by atoms with E-state index < -0.39 is 0 Å². The summed E-state index contributed by atoms with van der Waals surface area (Å²) in [5.74, 6) is 2.61. The lowest BCUT2D eigenvalue weighted by atomic mass is 10.3. The van der Waals surface area contributed by atoms with Gasteiger partial charge in [0, 0.05) is 45.1 Å². The molecule has 2 aromatic heterocycles. The molecule has 0 amide bonds. The van der Waals surface area contributed by atoms with Gasteiger partial charge in [0.05, 0.1) is 5.02 Å². The van der Waals surface area contributed by atoms with Crippen LogP contribution in [0.25, 0.3) is 0 Å². The highest BCUT2D eigenvalue weighted by Gasteiger charge is 2.20. The Morgan fingerprint density at radius 2 is 1.86 bits per heavy atom. The molecule has 6 nitrogen and oxygen atoms in total. The zero-order chi connectivity index (χ0) is 15.4. The predicted molar refractivity (Wildman–Crippen MR) is 89.9 cm³/mol. The molecule has 1 N–H and O–H groups in total. The van der Waals surface area contributed by atoms with Crippen LogP contribution in [0.1, 0.15) is 6.92 Å². The summed E-state index contributed by atoms with van der Waals surface area (Å²) >= 11 is 5.88. The molecule has 3 rings (SSSR count). The molecule has 3 heterocycles. The molecule has 1 aliphatic rings. The number of rotatable bonds is 4. The van der Waals surface area contributed by atoms with Gasteiger partial charge >= 0.3 is 0 Å². The fourth-order valence-electron chi connectivity index (χ4n) is 2.47. The molecular formula is C15H19ClN6. The van der Waals surface area contributed by atoms with Gasteiger partial charge in [-0.15, -0.1) is 0 Å². The zero-order valence-electron chi connectivity index (χ0n) is 12.5. The van der Waals surface area contributed by atoms with Crippen LogP contribution < -0.4 is 15.1 Å². The SMILES string of the molecule is CCNc1ccnc(N2CCN(c3ccc(Cl)cn3)CC2)n1. The van der Waals surface area contributed by atoms with Crippen molar-refractivity contribution >= 4 is 29.2 Å². The van der Waals surface area contributed by atoms with Gasteiger partial charge in [-0.1, -0.05) is 11.6 Å². The normalized spacial score (nSPS) is 15.0. The van der Waals surface area contributed by atoms with E-state index in [9.17, 15) is 0 Å². The van der Waals surface area contributed by atoms with Gasteiger partial charge in [0.1, 0.15) is 11.6 Å². The van der Waals surface area contributed by atoms with Crippen LogP contribution in [0.3, 0.4) is 0 Å². The van der Waals surface area contributed by atoms with Gasteiger partial charge in [-0.2, -0.15) is 4.98 Å². The van der Waals surface area contributed by atoms with Crippen LogP contribution in [-0.4, -0.2) is 47.7 Å². The lowest BCUT2D eigenvalue weighted by Gasteiger charge is -2.35. The predicted octanol–water partition coefficient (Wildman–Crippen LogP) is 2.28. The van der Waals surface area contributed by atoms with Crippen molar-refractivity contribution in [3.63, 3.8) is 0 Å². The highest BCUT2D eigenvalue weighted by atomic mass is 35.5. The molecule has 0 atom stereocenters. The Hall–Kier alpha value is -2.08. The van der Waals surface area contributed by atoms with E-state index in [0.717, 1.165) is 50.3 Å². The highest BCUT2D eigenvalue weighted by Crippen LogP contribution is 2.18. The van der Waals surface area contributed by atoms with Gasteiger partial charge in [0.15, 0.2) is 0 Å². The van der Waals surface area contributed by atoms with Crippen molar-refractivity contribution in [2.75, 3.05) is 47.8 Å². The maximum absolute atomic E-state index is 5.88. The number of nitrogens with zero attached hydrogens (tertiary/aromatic N) is 5. The third-order valence-corrected chi connectivity index (χ3v) is 3.82. The van der Waals surface area contributed by atoms with Gasteiger partial charge in [-0.3, -0.25) is 0 Å². The smallest absolute Gasteiger partial charge is 0.227 e. The average molecular weight is 319 g/mol. The summed E-state index contributed by atoms with van der Waals surface area (Å²) in [5, 5.41) is 3.88. The second-order valence-corrected chi connectivity index (χ2v) is 5.52. The van der Waals surface area contributed by atoms with E-state index in [0.29, 0.717) is 5.02 Å². The number of nitrogens with one attached hydrogen (secondary N) is 1. The van der Waals surface area contributed by atoms with Crippen LogP contribution in [0.5, 0.6) is 0 Å². The van der Waals surface area contributed by atoms with E-state index in [-0.39, 0.29) is 0 Å². The zero-order valence-corrected chi connectivity index (χ0v) is 13.3. The fourth-order valence-corrected chi connectivity index (χ4v) is 2.58. The number of hydrogen-bond donors (Lipinski definition) is 1. The van der Waals surface area contributed by atoms with Crippen LogP contribution in [-0.2, 0) is 0 Å². The van der Waals surface area contributed by atoms with E-state index in [4.69, 9.17) is 11.6 Å². The fraction of sp³-hybridized carbons (Fsp3) is 0.400. The van der Waals surface area contributed by atoms with E-state index >= 15 is 0 Å². The van der Waals surface area contributed by atoms with Gasteiger partial charge in [-0.05, 0) is 25.1 Å². The van der Waals surface area contributed by atoms with Crippen molar-refractivity contribution in [2.45, 2.75) is 6.92 Å². The van der Waals surface area contributed by atoms with E-state index in [1.807, 2.05) is 18.2 Å². The maximum atomic E-state index is 5.88. The lowest BCUT2D eigenvalue weighted by molar-refractivity contribution is 0.635. The molecule has 0 bridgehead atoms. The summed E-state index contributed by atoms with van der Waals surface area (Å²) in [4.78, 5) is 17.8. The summed E-state index contributed by atoms with van der Waals surface area (Å²) in [6, 6.07) is 5.72.